The van der Waals surface area contributed by atoms with Crippen molar-refractivity contribution in [3.63, 3.8) is 0 Å². The average Bonchev–Trinajstić information content (AvgIpc) is 2.35. The summed E-state index contributed by atoms with van der Waals surface area (Å²) >= 11 is 0. The van der Waals surface area contributed by atoms with E-state index in [-0.39, 0.29) is 34.4 Å². The Morgan fingerprint density at radius 1 is 1.32 bits per heavy atom. The molecule has 1 aromatic carbocycles. The van der Waals surface area contributed by atoms with Crippen LogP contribution in [0.3, 0.4) is 0 Å². The van der Waals surface area contributed by atoms with Gasteiger partial charge >= 0.3 is 0 Å². The van der Waals surface area contributed by atoms with Crippen molar-refractivity contribution in [1.82, 2.24) is 0 Å². The number of fused-ring (bicyclic) bond motifs is 4. The van der Waals surface area contributed by atoms with Gasteiger partial charge in [-0.05, 0) is 47.0 Å². The van der Waals surface area contributed by atoms with Crippen molar-refractivity contribution in [2.75, 3.05) is 0 Å². The molecule has 2 atom stereocenters. The van der Waals surface area contributed by atoms with E-state index in [2.05, 4.69) is 20.8 Å². The summed E-state index contributed by atoms with van der Waals surface area (Å²) < 4.78 is 6.06. The second-order valence-corrected chi connectivity index (χ2v) is 6.92. The van der Waals surface area contributed by atoms with Crippen LogP contribution in [-0.2, 0) is 0 Å². The number of allylic oxidation sites excluding steroid dienone is 2. The third-order valence-corrected chi connectivity index (χ3v) is 4.96. The lowest BCUT2D eigenvalue weighted by Crippen LogP contribution is -2.42. The number of benzene rings is 1. The van der Waals surface area contributed by atoms with Crippen molar-refractivity contribution < 1.29 is 19.7 Å². The summed E-state index contributed by atoms with van der Waals surface area (Å²) in [5.74, 6) is -0.148. The van der Waals surface area contributed by atoms with E-state index in [0.717, 1.165) is 19.3 Å². The molecule has 0 unspecified atom stereocenters. The highest BCUT2D eigenvalue weighted by molar-refractivity contribution is 6.00. The molecule has 1 heterocycles. The number of phenolic OH excluding ortho intramolecular Hbond substituents is 2. The monoisotopic (exact) mass is 302 g/mol. The number of ether oxygens (including phenoxy) is 1. The molecule has 2 aliphatic rings. The van der Waals surface area contributed by atoms with E-state index in [9.17, 15) is 15.0 Å². The molecule has 0 saturated heterocycles. The lowest BCUT2D eigenvalue weighted by Gasteiger charge is -2.46. The Bertz CT molecular complexity index is 698. The average molecular weight is 302 g/mol. The maximum atomic E-state index is 11.8. The fourth-order valence-electron chi connectivity index (χ4n) is 3.88. The van der Waals surface area contributed by atoms with Gasteiger partial charge in [0.2, 0.25) is 0 Å². The highest BCUT2D eigenvalue weighted by Crippen LogP contribution is 2.56. The quantitative estimate of drug-likeness (QED) is 0.606. The van der Waals surface area contributed by atoms with Gasteiger partial charge < -0.3 is 14.9 Å². The lowest BCUT2D eigenvalue weighted by atomic mass is 9.69. The van der Waals surface area contributed by atoms with Crippen molar-refractivity contribution in [2.24, 2.45) is 0 Å². The van der Waals surface area contributed by atoms with Crippen LogP contribution in [0.4, 0.5) is 0 Å². The lowest BCUT2D eigenvalue weighted by molar-refractivity contribution is 0.0343. The zero-order chi connectivity index (χ0) is 16.2. The van der Waals surface area contributed by atoms with Crippen LogP contribution in [0, 0.1) is 0 Å². The maximum absolute atomic E-state index is 11.8. The molecule has 2 N–H and O–H groups in total. The van der Waals surface area contributed by atoms with E-state index in [1.54, 1.807) is 0 Å². The van der Waals surface area contributed by atoms with Crippen molar-refractivity contribution in [3.8, 4) is 17.2 Å². The number of rotatable bonds is 1. The van der Waals surface area contributed by atoms with Gasteiger partial charge in [-0.15, -0.1) is 0 Å². The Morgan fingerprint density at radius 3 is 2.59 bits per heavy atom. The molecule has 1 aliphatic heterocycles. The fourth-order valence-corrected chi connectivity index (χ4v) is 3.88. The fraction of sp³-hybridized carbons (Fsp3) is 0.500. The molecule has 0 amide bonds. The van der Waals surface area contributed by atoms with E-state index in [1.165, 1.54) is 24.1 Å². The number of ketones is 1. The smallest absolute Gasteiger partial charge is 0.167 e. The standard InChI is InChI=1S/C18H22O4/c1-9(2)11-5-6-18(4)8-12(11)16-14(22-18)7-13(20)15(10(3)19)17(16)21/h7,12,20-21H,5-6,8H2,1-4H3/t12-,18-/m1/s1. The predicted molar refractivity (Wildman–Crippen MR) is 83.8 cm³/mol. The molecule has 0 spiro atoms. The molecular weight excluding hydrogens is 280 g/mol. The number of Topliss-reactive ketones (excluding diaryl/α,β-unsaturated/α-hetero) is 1. The van der Waals surface area contributed by atoms with Crippen molar-refractivity contribution in [3.05, 3.63) is 28.3 Å². The van der Waals surface area contributed by atoms with E-state index in [4.69, 9.17) is 4.74 Å². The molecule has 4 nitrogen and oxygen atoms in total. The molecule has 2 bridgehead atoms. The maximum Gasteiger partial charge on any atom is 0.167 e. The molecule has 4 heteroatoms. The van der Waals surface area contributed by atoms with Crippen LogP contribution >= 0.6 is 0 Å². The van der Waals surface area contributed by atoms with Gasteiger partial charge in [-0.2, -0.15) is 0 Å². The summed E-state index contributed by atoms with van der Waals surface area (Å²) in [4.78, 5) is 11.8. The Labute approximate surface area is 130 Å². The molecule has 1 fully saturated rings. The molecule has 118 valence electrons. The number of carbonyl (C=O) groups is 1. The van der Waals surface area contributed by atoms with Crippen molar-refractivity contribution in [2.45, 2.75) is 58.5 Å². The number of phenols is 2. The third kappa shape index (κ3) is 2.09. The van der Waals surface area contributed by atoms with Gasteiger partial charge in [-0.1, -0.05) is 11.1 Å². The van der Waals surface area contributed by atoms with E-state index in [0.29, 0.717) is 11.3 Å². The van der Waals surface area contributed by atoms with Gasteiger partial charge in [0.05, 0.1) is 0 Å². The van der Waals surface area contributed by atoms with E-state index >= 15 is 0 Å². The first-order chi connectivity index (χ1) is 10.2. The Hall–Kier alpha value is -1.97. The third-order valence-electron chi connectivity index (χ3n) is 4.96. The number of hydrogen-bond donors (Lipinski definition) is 2. The molecule has 22 heavy (non-hydrogen) atoms. The highest BCUT2D eigenvalue weighted by Gasteiger charge is 2.45. The number of hydrogen-bond acceptors (Lipinski definition) is 4. The molecule has 0 radical (unpaired) electrons. The second kappa shape index (κ2) is 4.77. The Kier molecular flexibility index (Phi) is 3.24. The summed E-state index contributed by atoms with van der Waals surface area (Å²) in [6.45, 7) is 7.57. The molecule has 1 saturated carbocycles. The molecule has 0 aromatic heterocycles. The summed E-state index contributed by atoms with van der Waals surface area (Å²) in [5, 5.41) is 20.7. The van der Waals surface area contributed by atoms with E-state index in [1.807, 2.05) is 0 Å². The van der Waals surface area contributed by atoms with Crippen LogP contribution in [0.1, 0.15) is 68.8 Å². The van der Waals surface area contributed by atoms with Crippen LogP contribution in [0.5, 0.6) is 17.2 Å². The molecule has 1 aliphatic carbocycles. The summed E-state index contributed by atoms with van der Waals surface area (Å²) in [6.07, 6.45) is 2.63. The summed E-state index contributed by atoms with van der Waals surface area (Å²) in [5.41, 5.74) is 2.91. The van der Waals surface area contributed by atoms with Crippen LogP contribution < -0.4 is 4.74 Å². The van der Waals surface area contributed by atoms with Crippen molar-refractivity contribution >= 4 is 5.78 Å². The Balaban J connectivity index is 2.28. The van der Waals surface area contributed by atoms with Crippen LogP contribution in [0.25, 0.3) is 0 Å². The van der Waals surface area contributed by atoms with E-state index < -0.39 is 0 Å². The molecule has 1 aromatic rings. The topological polar surface area (TPSA) is 66.8 Å². The first kappa shape index (κ1) is 14.9. The van der Waals surface area contributed by atoms with Crippen molar-refractivity contribution in [1.29, 1.82) is 0 Å². The van der Waals surface area contributed by atoms with Gasteiger partial charge in [0, 0.05) is 17.5 Å². The van der Waals surface area contributed by atoms with Crippen LogP contribution in [-0.4, -0.2) is 21.6 Å². The Morgan fingerprint density at radius 2 is 2.00 bits per heavy atom. The number of aromatic hydroxyl groups is 2. The number of carbonyl (C=O) groups excluding carboxylic acids is 1. The van der Waals surface area contributed by atoms with Gasteiger partial charge in [0.25, 0.3) is 0 Å². The van der Waals surface area contributed by atoms with Gasteiger partial charge in [0.15, 0.2) is 5.78 Å². The van der Waals surface area contributed by atoms with Crippen LogP contribution in [0.15, 0.2) is 17.2 Å². The molecular formula is C18H22O4. The van der Waals surface area contributed by atoms with Gasteiger partial charge in [0.1, 0.15) is 28.4 Å². The first-order valence-electron chi connectivity index (χ1n) is 7.68. The zero-order valence-electron chi connectivity index (χ0n) is 13.5. The largest absolute Gasteiger partial charge is 0.507 e. The van der Waals surface area contributed by atoms with Crippen LogP contribution in [0.2, 0.25) is 0 Å². The first-order valence-corrected chi connectivity index (χ1v) is 7.68. The SMILES string of the molecule is CC(=O)c1c(O)cc2c(c1O)[C@@H]1C[C@@](C)(CCC1=C(C)C)O2. The second-order valence-electron chi connectivity index (χ2n) is 6.92. The predicted octanol–water partition coefficient (Wildman–Crippen LogP) is 4.06. The minimum absolute atomic E-state index is 0.00960. The van der Waals surface area contributed by atoms with Gasteiger partial charge in [-0.3, -0.25) is 4.79 Å². The highest BCUT2D eigenvalue weighted by atomic mass is 16.5. The summed E-state index contributed by atoms with van der Waals surface area (Å²) in [6, 6.07) is 1.48. The minimum atomic E-state index is -0.347. The normalized spacial score (nSPS) is 26.2. The zero-order valence-corrected chi connectivity index (χ0v) is 13.5. The summed E-state index contributed by atoms with van der Waals surface area (Å²) in [7, 11) is 0. The molecule has 3 rings (SSSR count). The minimum Gasteiger partial charge on any atom is -0.507 e. The van der Waals surface area contributed by atoms with Gasteiger partial charge in [-0.25, -0.2) is 0 Å².